The quantitative estimate of drug-likeness (QED) is 0.837. The van der Waals surface area contributed by atoms with Gasteiger partial charge >= 0.3 is 0 Å². The van der Waals surface area contributed by atoms with Crippen LogP contribution in [0.15, 0.2) is 24.3 Å². The van der Waals surface area contributed by atoms with Gasteiger partial charge in [-0.05, 0) is 24.0 Å². The molecule has 1 aliphatic rings. The Morgan fingerprint density at radius 1 is 1.24 bits per heavy atom. The molecular formula is C17H27ClN2O. The van der Waals surface area contributed by atoms with Gasteiger partial charge in [0.2, 0.25) is 0 Å². The summed E-state index contributed by atoms with van der Waals surface area (Å²) >= 11 is 6.21. The average Bonchev–Trinajstić information content (AvgIpc) is 2.49. The van der Waals surface area contributed by atoms with Crippen molar-refractivity contribution in [1.29, 1.82) is 0 Å². The normalized spacial score (nSPS) is 18.1. The van der Waals surface area contributed by atoms with E-state index in [9.17, 15) is 0 Å². The summed E-state index contributed by atoms with van der Waals surface area (Å²) < 4.78 is 5.46. The number of nitrogens with one attached hydrogen (secondary N) is 1. The first-order valence-corrected chi connectivity index (χ1v) is 8.30. The molecule has 0 aromatic heterocycles. The van der Waals surface area contributed by atoms with Crippen LogP contribution in [0.2, 0.25) is 5.02 Å². The number of hydrogen-bond acceptors (Lipinski definition) is 3. The number of halogens is 1. The molecular weight excluding hydrogens is 284 g/mol. The minimum Gasteiger partial charge on any atom is -0.379 e. The monoisotopic (exact) mass is 310 g/mol. The third-order valence-electron chi connectivity index (χ3n) is 3.96. The largest absolute Gasteiger partial charge is 0.379 e. The molecule has 0 radical (unpaired) electrons. The molecule has 1 heterocycles. The molecule has 1 saturated heterocycles. The van der Waals surface area contributed by atoms with E-state index in [2.05, 4.69) is 30.1 Å². The third-order valence-corrected chi connectivity index (χ3v) is 4.33. The predicted molar refractivity (Wildman–Crippen MR) is 88.8 cm³/mol. The Bertz CT molecular complexity index is 419. The maximum absolute atomic E-state index is 6.21. The lowest BCUT2D eigenvalue weighted by Gasteiger charge is -2.35. The zero-order valence-corrected chi connectivity index (χ0v) is 13.9. The highest BCUT2D eigenvalue weighted by Crippen LogP contribution is 2.16. The van der Waals surface area contributed by atoms with Crippen molar-refractivity contribution in [3.05, 3.63) is 34.9 Å². The van der Waals surface area contributed by atoms with Crippen molar-refractivity contribution in [2.75, 3.05) is 32.8 Å². The molecule has 0 spiro atoms. The molecule has 1 aromatic rings. The van der Waals surface area contributed by atoms with Gasteiger partial charge in [-0.15, -0.1) is 0 Å². The van der Waals surface area contributed by atoms with E-state index in [0.717, 1.165) is 44.4 Å². The maximum atomic E-state index is 6.21. The summed E-state index contributed by atoms with van der Waals surface area (Å²) in [4.78, 5) is 2.56. The fourth-order valence-electron chi connectivity index (χ4n) is 2.86. The van der Waals surface area contributed by atoms with Gasteiger partial charge < -0.3 is 10.1 Å². The second kappa shape index (κ2) is 8.74. The summed E-state index contributed by atoms with van der Waals surface area (Å²) in [5.74, 6) is 0.708. The van der Waals surface area contributed by atoms with Crippen LogP contribution in [-0.4, -0.2) is 43.8 Å². The lowest BCUT2D eigenvalue weighted by molar-refractivity contribution is 0.0123. The number of morpholine rings is 1. The topological polar surface area (TPSA) is 24.5 Å². The van der Waals surface area contributed by atoms with E-state index in [-0.39, 0.29) is 0 Å². The zero-order valence-electron chi connectivity index (χ0n) is 13.1. The predicted octanol–water partition coefficient (Wildman–Crippen LogP) is 3.18. The Hall–Kier alpha value is -0.610. The summed E-state index contributed by atoms with van der Waals surface area (Å²) in [5.41, 5.74) is 1.17. The van der Waals surface area contributed by atoms with Gasteiger partial charge in [-0.1, -0.05) is 43.6 Å². The molecule has 2 rings (SSSR count). The van der Waals surface area contributed by atoms with Gasteiger partial charge in [0, 0.05) is 37.2 Å². The van der Waals surface area contributed by atoms with Gasteiger partial charge in [-0.2, -0.15) is 0 Å². The Labute approximate surface area is 133 Å². The molecule has 0 saturated carbocycles. The molecule has 21 heavy (non-hydrogen) atoms. The smallest absolute Gasteiger partial charge is 0.0594 e. The molecule has 118 valence electrons. The number of ether oxygens (including phenoxy) is 1. The van der Waals surface area contributed by atoms with E-state index in [1.807, 2.05) is 18.2 Å². The number of rotatable bonds is 7. The first kappa shape index (κ1) is 16.8. The average molecular weight is 311 g/mol. The van der Waals surface area contributed by atoms with Crippen LogP contribution in [0, 0.1) is 5.92 Å². The summed E-state index contributed by atoms with van der Waals surface area (Å²) in [5, 5.41) is 4.42. The van der Waals surface area contributed by atoms with Crippen LogP contribution in [0.4, 0.5) is 0 Å². The van der Waals surface area contributed by atoms with Crippen molar-refractivity contribution in [3.63, 3.8) is 0 Å². The summed E-state index contributed by atoms with van der Waals surface area (Å²) in [6.45, 7) is 10.2. The Kier molecular flexibility index (Phi) is 6.97. The van der Waals surface area contributed by atoms with Crippen molar-refractivity contribution >= 4 is 11.6 Å². The molecule has 1 atom stereocenters. The first-order valence-electron chi connectivity index (χ1n) is 7.92. The van der Waals surface area contributed by atoms with Gasteiger partial charge in [0.15, 0.2) is 0 Å². The van der Waals surface area contributed by atoms with E-state index >= 15 is 0 Å². The van der Waals surface area contributed by atoms with Gasteiger partial charge in [-0.25, -0.2) is 0 Å². The molecule has 1 N–H and O–H groups in total. The Morgan fingerprint density at radius 2 is 1.95 bits per heavy atom. The third kappa shape index (κ3) is 5.59. The van der Waals surface area contributed by atoms with E-state index in [1.54, 1.807) is 0 Å². The fourth-order valence-corrected chi connectivity index (χ4v) is 3.07. The molecule has 0 bridgehead atoms. The van der Waals surface area contributed by atoms with Crippen molar-refractivity contribution < 1.29 is 4.74 Å². The second-order valence-corrected chi connectivity index (χ2v) is 6.56. The second-order valence-electron chi connectivity index (χ2n) is 6.15. The lowest BCUT2D eigenvalue weighted by Crippen LogP contribution is -2.48. The van der Waals surface area contributed by atoms with Crippen molar-refractivity contribution in [2.24, 2.45) is 5.92 Å². The SMILES string of the molecule is CC(C)CC(CNCc1ccccc1Cl)N1CCOCC1. The highest BCUT2D eigenvalue weighted by molar-refractivity contribution is 6.31. The molecule has 1 unspecified atom stereocenters. The van der Waals surface area contributed by atoms with Gasteiger partial charge in [0.1, 0.15) is 0 Å². The van der Waals surface area contributed by atoms with Crippen LogP contribution in [0.1, 0.15) is 25.8 Å². The summed E-state index contributed by atoms with van der Waals surface area (Å²) in [6, 6.07) is 8.63. The number of hydrogen-bond donors (Lipinski definition) is 1. The highest BCUT2D eigenvalue weighted by Gasteiger charge is 2.21. The number of benzene rings is 1. The molecule has 0 aliphatic carbocycles. The highest BCUT2D eigenvalue weighted by atomic mass is 35.5. The molecule has 1 fully saturated rings. The van der Waals surface area contributed by atoms with Crippen molar-refractivity contribution in [1.82, 2.24) is 10.2 Å². The van der Waals surface area contributed by atoms with E-state index < -0.39 is 0 Å². The standard InChI is InChI=1S/C17H27ClN2O/c1-14(2)11-16(20-7-9-21-10-8-20)13-19-12-15-5-3-4-6-17(15)18/h3-6,14,16,19H,7-13H2,1-2H3. The molecule has 4 heteroatoms. The maximum Gasteiger partial charge on any atom is 0.0594 e. The van der Waals surface area contributed by atoms with E-state index in [1.165, 1.54) is 12.0 Å². The van der Waals surface area contributed by atoms with Crippen LogP contribution in [0.5, 0.6) is 0 Å². The van der Waals surface area contributed by atoms with Gasteiger partial charge in [-0.3, -0.25) is 4.90 Å². The van der Waals surface area contributed by atoms with E-state index in [0.29, 0.717) is 12.0 Å². The van der Waals surface area contributed by atoms with Gasteiger partial charge in [0.25, 0.3) is 0 Å². The Balaban J connectivity index is 1.85. The van der Waals surface area contributed by atoms with Gasteiger partial charge in [0.05, 0.1) is 13.2 Å². The molecule has 3 nitrogen and oxygen atoms in total. The van der Waals surface area contributed by atoms with E-state index in [4.69, 9.17) is 16.3 Å². The summed E-state index contributed by atoms with van der Waals surface area (Å²) in [6.07, 6.45) is 1.22. The lowest BCUT2D eigenvalue weighted by atomic mass is 10.0. The van der Waals surface area contributed by atoms with Crippen LogP contribution < -0.4 is 5.32 Å². The molecule has 1 aromatic carbocycles. The first-order chi connectivity index (χ1) is 10.2. The van der Waals surface area contributed by atoms with Crippen molar-refractivity contribution in [2.45, 2.75) is 32.9 Å². The summed E-state index contributed by atoms with van der Waals surface area (Å²) in [7, 11) is 0. The van der Waals surface area contributed by atoms with Crippen LogP contribution in [0.25, 0.3) is 0 Å². The molecule has 1 aliphatic heterocycles. The minimum atomic E-state index is 0.580. The van der Waals surface area contributed by atoms with Crippen molar-refractivity contribution in [3.8, 4) is 0 Å². The fraction of sp³-hybridized carbons (Fsp3) is 0.647. The minimum absolute atomic E-state index is 0.580. The van der Waals surface area contributed by atoms with Crippen LogP contribution in [-0.2, 0) is 11.3 Å². The zero-order chi connectivity index (χ0) is 15.1. The Morgan fingerprint density at radius 3 is 2.62 bits per heavy atom. The molecule has 0 amide bonds. The van der Waals surface area contributed by atoms with Crippen LogP contribution >= 0.6 is 11.6 Å². The number of nitrogens with zero attached hydrogens (tertiary/aromatic N) is 1. The van der Waals surface area contributed by atoms with Crippen LogP contribution in [0.3, 0.4) is 0 Å².